The number of pyridine rings is 1. The van der Waals surface area contributed by atoms with Gasteiger partial charge in [0.15, 0.2) is 0 Å². The molecule has 1 unspecified atom stereocenters. The number of hydrogen-bond acceptors (Lipinski definition) is 3. The molecule has 1 atom stereocenters. The molecule has 0 aliphatic rings. The van der Waals surface area contributed by atoms with Crippen LogP contribution in [0.25, 0.3) is 0 Å². The summed E-state index contributed by atoms with van der Waals surface area (Å²) < 4.78 is 13.0. The highest BCUT2D eigenvalue weighted by atomic mass is 19.1. The first-order valence-electron chi connectivity index (χ1n) is 5.37. The van der Waals surface area contributed by atoms with Gasteiger partial charge in [0.25, 0.3) is 0 Å². The largest absolute Gasteiger partial charge is 0.383 e. The first-order valence-corrected chi connectivity index (χ1v) is 5.37. The lowest BCUT2D eigenvalue weighted by Gasteiger charge is -2.13. The van der Waals surface area contributed by atoms with Gasteiger partial charge >= 0.3 is 0 Å². The lowest BCUT2D eigenvalue weighted by molar-refractivity contribution is 0.622. The van der Waals surface area contributed by atoms with Gasteiger partial charge in [0.2, 0.25) is 0 Å². The third-order valence-corrected chi connectivity index (χ3v) is 2.62. The number of nitrogens with two attached hydrogens (primary N) is 2. The summed E-state index contributed by atoms with van der Waals surface area (Å²) in [5, 5.41) is 0. The molecule has 0 spiro atoms. The zero-order valence-corrected chi connectivity index (χ0v) is 9.31. The number of rotatable bonds is 3. The van der Waals surface area contributed by atoms with E-state index in [1.54, 1.807) is 18.3 Å². The van der Waals surface area contributed by atoms with E-state index in [0.717, 1.165) is 11.1 Å². The van der Waals surface area contributed by atoms with Crippen LogP contribution in [-0.2, 0) is 6.42 Å². The topological polar surface area (TPSA) is 64.9 Å². The summed E-state index contributed by atoms with van der Waals surface area (Å²) >= 11 is 0. The number of nitrogens with zero attached hydrogens (tertiary/aromatic N) is 1. The highest BCUT2D eigenvalue weighted by Crippen LogP contribution is 2.20. The molecule has 0 radical (unpaired) electrons. The summed E-state index contributed by atoms with van der Waals surface area (Å²) in [6, 6.07) is 9.76. The number of benzene rings is 1. The Labute approximate surface area is 99.3 Å². The maximum Gasteiger partial charge on any atom is 0.128 e. The smallest absolute Gasteiger partial charge is 0.128 e. The minimum Gasteiger partial charge on any atom is -0.383 e. The van der Waals surface area contributed by atoms with Crippen molar-refractivity contribution < 1.29 is 4.39 Å². The van der Waals surface area contributed by atoms with Gasteiger partial charge < -0.3 is 11.5 Å². The first-order chi connectivity index (χ1) is 8.16. The van der Waals surface area contributed by atoms with E-state index in [-0.39, 0.29) is 11.9 Å². The van der Waals surface area contributed by atoms with Crippen LogP contribution in [0.2, 0.25) is 0 Å². The molecule has 4 N–H and O–H groups in total. The Kier molecular flexibility index (Phi) is 3.35. The molecule has 1 heterocycles. The summed E-state index contributed by atoms with van der Waals surface area (Å²) in [5.74, 6) is 0.172. The quantitative estimate of drug-likeness (QED) is 0.849. The van der Waals surface area contributed by atoms with Crippen molar-refractivity contribution in [3.05, 3.63) is 59.5 Å². The third kappa shape index (κ3) is 2.79. The van der Waals surface area contributed by atoms with Crippen molar-refractivity contribution in [3.63, 3.8) is 0 Å². The van der Waals surface area contributed by atoms with Crippen molar-refractivity contribution in [1.29, 1.82) is 0 Å². The molecule has 0 amide bonds. The fourth-order valence-corrected chi connectivity index (χ4v) is 1.77. The van der Waals surface area contributed by atoms with E-state index >= 15 is 0 Å². The minimum atomic E-state index is -0.273. The molecular formula is C13H14FN3. The number of nitrogen functional groups attached to an aromatic ring is 1. The van der Waals surface area contributed by atoms with E-state index in [4.69, 9.17) is 11.5 Å². The molecule has 0 fully saturated rings. The monoisotopic (exact) mass is 231 g/mol. The second-order valence-corrected chi connectivity index (χ2v) is 3.92. The van der Waals surface area contributed by atoms with Crippen LogP contribution in [0, 0.1) is 5.82 Å². The predicted octanol–water partition coefficient (Wildman–Crippen LogP) is 2.05. The van der Waals surface area contributed by atoms with E-state index in [9.17, 15) is 4.39 Å². The lowest BCUT2D eigenvalue weighted by atomic mass is 10.0. The van der Waals surface area contributed by atoms with Crippen molar-refractivity contribution in [3.8, 4) is 0 Å². The Hall–Kier alpha value is -1.94. The maximum absolute atomic E-state index is 13.0. The Bertz CT molecular complexity index is 514. The summed E-state index contributed by atoms with van der Waals surface area (Å²) in [6.07, 6.45) is 2.15. The fraction of sp³-hybridized carbons (Fsp3) is 0.154. The third-order valence-electron chi connectivity index (χ3n) is 2.62. The van der Waals surface area contributed by atoms with E-state index in [0.29, 0.717) is 12.2 Å². The summed E-state index contributed by atoms with van der Waals surface area (Å²) in [6.45, 7) is 0. The minimum absolute atomic E-state index is 0.256. The number of halogens is 1. The summed E-state index contributed by atoms with van der Waals surface area (Å²) in [5.41, 5.74) is 13.4. The van der Waals surface area contributed by atoms with Crippen LogP contribution in [0.1, 0.15) is 17.2 Å². The van der Waals surface area contributed by atoms with Crippen molar-refractivity contribution >= 4 is 5.82 Å². The highest BCUT2D eigenvalue weighted by molar-refractivity contribution is 5.41. The van der Waals surface area contributed by atoms with Crippen LogP contribution in [-0.4, -0.2) is 4.98 Å². The van der Waals surface area contributed by atoms with Gasteiger partial charge in [0.1, 0.15) is 11.6 Å². The van der Waals surface area contributed by atoms with Crippen molar-refractivity contribution in [1.82, 2.24) is 4.98 Å². The van der Waals surface area contributed by atoms with Crippen LogP contribution in [0.15, 0.2) is 42.6 Å². The molecule has 1 aromatic carbocycles. The Morgan fingerprint density at radius 1 is 1.24 bits per heavy atom. The highest BCUT2D eigenvalue weighted by Gasteiger charge is 2.10. The van der Waals surface area contributed by atoms with Gasteiger partial charge in [0, 0.05) is 17.8 Å². The van der Waals surface area contributed by atoms with Crippen molar-refractivity contribution in [2.45, 2.75) is 12.5 Å². The standard InChI is InChI=1S/C13H14FN3/c14-10-4-1-3-9(7-10)8-12(15)11-5-2-6-17-13(11)16/h1-7,12H,8,15H2,(H2,16,17). The average molecular weight is 231 g/mol. The fourth-order valence-electron chi connectivity index (χ4n) is 1.77. The second kappa shape index (κ2) is 4.93. The zero-order chi connectivity index (χ0) is 12.3. The molecule has 0 aliphatic carbocycles. The Balaban J connectivity index is 2.17. The van der Waals surface area contributed by atoms with E-state index in [2.05, 4.69) is 4.98 Å². The molecule has 1 aromatic heterocycles. The molecule has 0 saturated heterocycles. The summed E-state index contributed by atoms with van der Waals surface area (Å²) in [4.78, 5) is 3.98. The van der Waals surface area contributed by atoms with Gasteiger partial charge in [-0.15, -0.1) is 0 Å². The average Bonchev–Trinajstić information content (AvgIpc) is 2.29. The first kappa shape index (κ1) is 11.5. The SMILES string of the molecule is Nc1ncccc1C(N)Cc1cccc(F)c1. The molecule has 88 valence electrons. The molecular weight excluding hydrogens is 217 g/mol. The maximum atomic E-state index is 13.0. The van der Waals surface area contributed by atoms with Gasteiger partial charge in [0.05, 0.1) is 0 Å². The Morgan fingerprint density at radius 2 is 2.06 bits per heavy atom. The van der Waals surface area contributed by atoms with Crippen LogP contribution in [0.4, 0.5) is 10.2 Å². The number of hydrogen-bond donors (Lipinski definition) is 2. The number of anilines is 1. The molecule has 2 rings (SSSR count). The molecule has 3 nitrogen and oxygen atoms in total. The molecule has 0 saturated carbocycles. The van der Waals surface area contributed by atoms with Crippen LogP contribution >= 0.6 is 0 Å². The number of aromatic nitrogens is 1. The molecule has 17 heavy (non-hydrogen) atoms. The predicted molar refractivity (Wildman–Crippen MR) is 65.7 cm³/mol. The molecule has 4 heteroatoms. The van der Waals surface area contributed by atoms with Gasteiger partial charge in [-0.25, -0.2) is 9.37 Å². The van der Waals surface area contributed by atoms with E-state index in [1.807, 2.05) is 12.1 Å². The zero-order valence-electron chi connectivity index (χ0n) is 9.31. The molecule has 0 bridgehead atoms. The molecule has 0 aliphatic heterocycles. The molecule has 2 aromatic rings. The van der Waals surface area contributed by atoms with Crippen LogP contribution in [0.5, 0.6) is 0 Å². The van der Waals surface area contributed by atoms with Gasteiger partial charge in [-0.2, -0.15) is 0 Å². The van der Waals surface area contributed by atoms with Gasteiger partial charge in [-0.1, -0.05) is 18.2 Å². The van der Waals surface area contributed by atoms with E-state index < -0.39 is 0 Å². The van der Waals surface area contributed by atoms with Crippen LogP contribution < -0.4 is 11.5 Å². The van der Waals surface area contributed by atoms with Crippen LogP contribution in [0.3, 0.4) is 0 Å². The van der Waals surface area contributed by atoms with E-state index in [1.165, 1.54) is 12.1 Å². The van der Waals surface area contributed by atoms with Gasteiger partial charge in [-0.3, -0.25) is 0 Å². The normalized spacial score (nSPS) is 12.4. The van der Waals surface area contributed by atoms with Crippen molar-refractivity contribution in [2.75, 3.05) is 5.73 Å². The lowest BCUT2D eigenvalue weighted by Crippen LogP contribution is -2.15. The summed E-state index contributed by atoms with van der Waals surface area (Å²) in [7, 11) is 0. The second-order valence-electron chi connectivity index (χ2n) is 3.92. The van der Waals surface area contributed by atoms with Gasteiger partial charge in [-0.05, 0) is 30.2 Å². The van der Waals surface area contributed by atoms with Crippen molar-refractivity contribution in [2.24, 2.45) is 5.73 Å². The Morgan fingerprint density at radius 3 is 2.76 bits per heavy atom.